The van der Waals surface area contributed by atoms with Crippen molar-refractivity contribution in [2.75, 3.05) is 13.7 Å². The number of esters is 1. The molecule has 19 heavy (non-hydrogen) atoms. The van der Waals surface area contributed by atoms with E-state index in [2.05, 4.69) is 28.4 Å². The van der Waals surface area contributed by atoms with Crippen LogP contribution in [-0.2, 0) is 9.53 Å². The van der Waals surface area contributed by atoms with Crippen molar-refractivity contribution in [1.29, 1.82) is 0 Å². The minimum absolute atomic E-state index is 0.00262. The molecule has 4 nitrogen and oxygen atoms in total. The van der Waals surface area contributed by atoms with Gasteiger partial charge in [-0.15, -0.1) is 0 Å². The Morgan fingerprint density at radius 1 is 1.32 bits per heavy atom. The number of aliphatic hydroxyl groups is 1. The standard InChI is InChI=1S/C15H14O4/c1-12(16)19-11-5-3-4-6-15(17)13-7-9-14(18-2)10-8-13/h7-10,15,17H,11H2,1-2H3/t15-/m0/s1. The topological polar surface area (TPSA) is 55.8 Å². The molecule has 1 atom stereocenters. The lowest BCUT2D eigenvalue weighted by Gasteiger charge is -2.04. The predicted molar refractivity (Wildman–Crippen MR) is 70.1 cm³/mol. The van der Waals surface area contributed by atoms with Crippen molar-refractivity contribution in [3.63, 3.8) is 0 Å². The van der Waals surface area contributed by atoms with E-state index >= 15 is 0 Å². The number of rotatable bonds is 3. The van der Waals surface area contributed by atoms with Crippen molar-refractivity contribution in [3.05, 3.63) is 29.8 Å². The molecular weight excluding hydrogens is 244 g/mol. The van der Waals surface area contributed by atoms with Gasteiger partial charge in [0.25, 0.3) is 0 Å². The summed E-state index contributed by atoms with van der Waals surface area (Å²) < 4.78 is 9.61. The quantitative estimate of drug-likeness (QED) is 0.656. The number of hydrogen-bond donors (Lipinski definition) is 1. The smallest absolute Gasteiger partial charge is 0.303 e. The van der Waals surface area contributed by atoms with Crippen LogP contribution in [0.4, 0.5) is 0 Å². The van der Waals surface area contributed by atoms with Crippen LogP contribution in [0.5, 0.6) is 5.75 Å². The molecular formula is C15H14O4. The summed E-state index contributed by atoms with van der Waals surface area (Å²) in [7, 11) is 1.57. The van der Waals surface area contributed by atoms with Crippen molar-refractivity contribution in [2.24, 2.45) is 0 Å². The second-order valence-corrected chi connectivity index (χ2v) is 3.53. The van der Waals surface area contributed by atoms with Crippen molar-refractivity contribution >= 4 is 5.97 Å². The lowest BCUT2D eigenvalue weighted by Crippen LogP contribution is -1.97. The largest absolute Gasteiger partial charge is 0.497 e. The third kappa shape index (κ3) is 5.63. The number of aliphatic hydroxyl groups excluding tert-OH is 1. The second kappa shape index (κ2) is 7.81. The van der Waals surface area contributed by atoms with Crippen LogP contribution in [0.1, 0.15) is 18.6 Å². The summed E-state index contributed by atoms with van der Waals surface area (Å²) in [4.78, 5) is 10.4. The maximum atomic E-state index is 10.4. The van der Waals surface area contributed by atoms with Crippen molar-refractivity contribution in [1.82, 2.24) is 0 Å². The van der Waals surface area contributed by atoms with Gasteiger partial charge in [0.05, 0.1) is 7.11 Å². The lowest BCUT2D eigenvalue weighted by molar-refractivity contribution is -0.139. The highest BCUT2D eigenvalue weighted by atomic mass is 16.5. The average molecular weight is 258 g/mol. The first kappa shape index (κ1) is 14.6. The van der Waals surface area contributed by atoms with E-state index in [4.69, 9.17) is 4.74 Å². The minimum atomic E-state index is -0.908. The van der Waals surface area contributed by atoms with Gasteiger partial charge in [-0.2, -0.15) is 0 Å². The second-order valence-electron chi connectivity index (χ2n) is 3.53. The van der Waals surface area contributed by atoms with Gasteiger partial charge < -0.3 is 14.6 Å². The molecule has 0 spiro atoms. The Balaban J connectivity index is 2.54. The predicted octanol–water partition coefficient (Wildman–Crippen LogP) is 1.30. The SMILES string of the molecule is COc1ccc([C@@H](O)C#CC#CCOC(C)=O)cc1. The maximum absolute atomic E-state index is 10.4. The summed E-state index contributed by atoms with van der Waals surface area (Å²) >= 11 is 0. The molecule has 98 valence electrons. The Kier molecular flexibility index (Phi) is 6.02. The molecule has 1 N–H and O–H groups in total. The van der Waals surface area contributed by atoms with Gasteiger partial charge in [0.15, 0.2) is 6.61 Å². The molecule has 1 aromatic rings. The molecule has 0 heterocycles. The zero-order valence-electron chi connectivity index (χ0n) is 10.8. The third-order valence-electron chi connectivity index (χ3n) is 2.14. The van der Waals surface area contributed by atoms with E-state index in [-0.39, 0.29) is 12.6 Å². The van der Waals surface area contributed by atoms with Crippen LogP contribution in [0.3, 0.4) is 0 Å². The molecule has 0 aromatic heterocycles. The highest BCUT2D eigenvalue weighted by Crippen LogP contribution is 2.16. The van der Waals surface area contributed by atoms with E-state index in [1.165, 1.54) is 6.92 Å². The number of methoxy groups -OCH3 is 1. The molecule has 0 aliphatic carbocycles. The Labute approximate surface area is 112 Å². The van der Waals surface area contributed by atoms with Gasteiger partial charge in [0.1, 0.15) is 11.9 Å². The number of benzene rings is 1. The summed E-state index contributed by atoms with van der Waals surface area (Å²) in [5.41, 5.74) is 0.662. The molecule has 0 aliphatic rings. The van der Waals surface area contributed by atoms with Crippen LogP contribution in [0.25, 0.3) is 0 Å². The molecule has 0 unspecified atom stereocenters. The summed E-state index contributed by atoms with van der Waals surface area (Å²) in [6.45, 7) is 1.31. The number of ether oxygens (including phenoxy) is 2. The first-order valence-electron chi connectivity index (χ1n) is 5.57. The van der Waals surface area contributed by atoms with Gasteiger partial charge in [0, 0.05) is 6.92 Å². The Morgan fingerprint density at radius 3 is 2.58 bits per heavy atom. The molecule has 1 rings (SSSR count). The van der Waals surface area contributed by atoms with Crippen molar-refractivity contribution in [3.8, 4) is 29.4 Å². The summed E-state index contributed by atoms with van der Waals surface area (Å²) in [5, 5.41) is 9.76. The zero-order valence-corrected chi connectivity index (χ0v) is 10.8. The molecule has 4 heteroatoms. The first-order valence-corrected chi connectivity index (χ1v) is 5.57. The molecule has 1 aromatic carbocycles. The van der Waals surface area contributed by atoms with E-state index < -0.39 is 6.10 Å². The maximum Gasteiger partial charge on any atom is 0.303 e. The van der Waals surface area contributed by atoms with Crippen LogP contribution in [-0.4, -0.2) is 24.8 Å². The normalized spacial score (nSPS) is 10.3. The molecule has 0 radical (unpaired) electrons. The van der Waals surface area contributed by atoms with E-state index in [1.807, 2.05) is 0 Å². The minimum Gasteiger partial charge on any atom is -0.497 e. The van der Waals surface area contributed by atoms with Crippen LogP contribution < -0.4 is 4.74 Å². The highest BCUT2D eigenvalue weighted by Gasteiger charge is 2.02. The van der Waals surface area contributed by atoms with Gasteiger partial charge in [-0.1, -0.05) is 18.1 Å². The molecule has 0 amide bonds. The van der Waals surface area contributed by atoms with Crippen LogP contribution >= 0.6 is 0 Å². The molecule has 0 bridgehead atoms. The fourth-order valence-corrected chi connectivity index (χ4v) is 1.19. The van der Waals surface area contributed by atoms with Crippen LogP contribution in [0.15, 0.2) is 24.3 Å². The van der Waals surface area contributed by atoms with Crippen molar-refractivity contribution in [2.45, 2.75) is 13.0 Å². The fraction of sp³-hybridized carbons (Fsp3) is 0.267. The fourth-order valence-electron chi connectivity index (χ4n) is 1.19. The van der Waals surface area contributed by atoms with Crippen LogP contribution in [0.2, 0.25) is 0 Å². The molecule has 0 saturated heterocycles. The molecule has 0 aliphatic heterocycles. The number of carbonyl (C=O) groups is 1. The van der Waals surface area contributed by atoms with E-state index in [0.29, 0.717) is 11.3 Å². The zero-order chi connectivity index (χ0) is 14.1. The van der Waals surface area contributed by atoms with Crippen molar-refractivity contribution < 1.29 is 19.4 Å². The summed E-state index contributed by atoms with van der Waals surface area (Å²) in [5.74, 6) is 10.4. The van der Waals surface area contributed by atoms with E-state index in [0.717, 1.165) is 0 Å². The van der Waals surface area contributed by atoms with E-state index in [9.17, 15) is 9.90 Å². The summed E-state index contributed by atoms with van der Waals surface area (Å²) in [6.07, 6.45) is -0.908. The van der Waals surface area contributed by atoms with Gasteiger partial charge in [-0.25, -0.2) is 0 Å². The van der Waals surface area contributed by atoms with Gasteiger partial charge in [-0.05, 0) is 35.5 Å². The van der Waals surface area contributed by atoms with Gasteiger partial charge in [0.2, 0.25) is 0 Å². The van der Waals surface area contributed by atoms with Gasteiger partial charge >= 0.3 is 5.97 Å². The van der Waals surface area contributed by atoms with Gasteiger partial charge in [-0.3, -0.25) is 4.79 Å². The van der Waals surface area contributed by atoms with Crippen LogP contribution in [0, 0.1) is 23.7 Å². The first-order chi connectivity index (χ1) is 9.13. The Morgan fingerprint density at radius 2 is 2.00 bits per heavy atom. The number of carbonyl (C=O) groups excluding carboxylic acids is 1. The highest BCUT2D eigenvalue weighted by molar-refractivity contribution is 5.66. The Hall–Kier alpha value is -2.43. The number of hydrogen-bond acceptors (Lipinski definition) is 4. The molecule has 0 saturated carbocycles. The molecule has 0 fully saturated rings. The van der Waals surface area contributed by atoms with E-state index in [1.54, 1.807) is 31.4 Å². The third-order valence-corrected chi connectivity index (χ3v) is 2.14. The summed E-state index contributed by atoms with van der Waals surface area (Å²) in [6, 6.07) is 6.94. The average Bonchev–Trinajstić information content (AvgIpc) is 2.42. The monoisotopic (exact) mass is 258 g/mol. The lowest BCUT2D eigenvalue weighted by atomic mass is 10.1. The Bertz CT molecular complexity index is 537.